The predicted molar refractivity (Wildman–Crippen MR) is 255 cm³/mol. The van der Waals surface area contributed by atoms with Crippen molar-refractivity contribution in [3.63, 3.8) is 0 Å². The molecule has 0 bridgehead atoms. The van der Waals surface area contributed by atoms with E-state index in [0.29, 0.717) is 30.6 Å². The molecule has 2 saturated heterocycles. The lowest BCUT2D eigenvalue weighted by Crippen LogP contribution is -2.61. The standard InChI is InChI=1S/C50H78N6O13/c1-14-30(8)41-39(58)25-40(59)69-44(29(6)7)43(60)31(9)45(61)51-35(22-27(2)3)48(64)56-21-15-16-36(56)49(65)55(12)38(24-33-17-19-34(67-13)20-18-33)50(66)68-32(10)42(47(63)52-41)53-46(62)37(23-28(4)5)54(11)26-57/h17-20,26-32,35-39,41-42,44,58H,14-16,21-25H2,1-13H3,(H,51,61)(H,52,63)(H,53,62)/t30-,31-,32+,35?,36-,37+,38?,39-,41?,42?,44?/m0/s1. The maximum absolute atomic E-state index is 14.7. The molecule has 386 valence electrons. The number of amides is 6. The van der Waals surface area contributed by atoms with Crippen molar-refractivity contribution >= 4 is 53.7 Å². The van der Waals surface area contributed by atoms with Crippen molar-refractivity contribution in [1.82, 2.24) is 30.7 Å². The third-order valence-electron chi connectivity index (χ3n) is 13.1. The first-order valence-electron chi connectivity index (χ1n) is 24.3. The number of hydrogen-bond acceptors (Lipinski definition) is 13. The van der Waals surface area contributed by atoms with Gasteiger partial charge in [0.15, 0.2) is 11.9 Å². The summed E-state index contributed by atoms with van der Waals surface area (Å²) in [5, 5.41) is 19.8. The van der Waals surface area contributed by atoms with Crippen molar-refractivity contribution in [2.45, 2.75) is 169 Å². The predicted octanol–water partition coefficient (Wildman–Crippen LogP) is 2.57. The van der Waals surface area contributed by atoms with Gasteiger partial charge >= 0.3 is 11.9 Å². The van der Waals surface area contributed by atoms with Crippen LogP contribution in [0.4, 0.5) is 0 Å². The van der Waals surface area contributed by atoms with E-state index in [0.717, 1.165) is 4.90 Å². The lowest BCUT2D eigenvalue weighted by atomic mass is 9.91. The number of likely N-dealkylation sites (N-methyl/N-ethyl adjacent to an activating group) is 2. The summed E-state index contributed by atoms with van der Waals surface area (Å²) in [7, 11) is 4.33. The van der Waals surface area contributed by atoms with Crippen LogP contribution >= 0.6 is 0 Å². The highest BCUT2D eigenvalue weighted by atomic mass is 16.6. The van der Waals surface area contributed by atoms with E-state index in [1.54, 1.807) is 52.0 Å². The number of esters is 2. The van der Waals surface area contributed by atoms with Gasteiger partial charge in [0.05, 0.1) is 31.6 Å². The van der Waals surface area contributed by atoms with Crippen LogP contribution in [0.3, 0.4) is 0 Å². The molecule has 69 heavy (non-hydrogen) atoms. The Bertz CT molecular complexity index is 1960. The second-order valence-corrected chi connectivity index (χ2v) is 19.9. The Kier molecular flexibility index (Phi) is 22.1. The summed E-state index contributed by atoms with van der Waals surface area (Å²) in [5.41, 5.74) is 0.602. The summed E-state index contributed by atoms with van der Waals surface area (Å²) in [4.78, 5) is 130. The zero-order chi connectivity index (χ0) is 52.0. The van der Waals surface area contributed by atoms with Gasteiger partial charge in [-0.05, 0) is 80.9 Å². The van der Waals surface area contributed by atoms with Gasteiger partial charge in [0.1, 0.15) is 42.1 Å². The Hall–Kier alpha value is -5.59. The van der Waals surface area contributed by atoms with Gasteiger partial charge in [-0.1, -0.05) is 73.9 Å². The number of rotatable bonds is 14. The number of cyclic esters (lactones) is 2. The summed E-state index contributed by atoms with van der Waals surface area (Å²) in [6, 6.07) is -0.622. The average Bonchev–Trinajstić information content (AvgIpc) is 3.80. The van der Waals surface area contributed by atoms with Gasteiger partial charge in [-0.15, -0.1) is 0 Å². The third kappa shape index (κ3) is 15.7. The van der Waals surface area contributed by atoms with Crippen LogP contribution in [-0.2, 0) is 59.0 Å². The van der Waals surface area contributed by atoms with Gasteiger partial charge in [0, 0.05) is 27.1 Å². The van der Waals surface area contributed by atoms with Crippen LogP contribution in [0.1, 0.15) is 113 Å². The highest BCUT2D eigenvalue weighted by molar-refractivity contribution is 6.05. The smallest absolute Gasteiger partial charge is 0.329 e. The molecule has 2 aliphatic rings. The van der Waals surface area contributed by atoms with Crippen molar-refractivity contribution in [3.05, 3.63) is 29.8 Å². The molecule has 2 fully saturated rings. The number of ether oxygens (including phenoxy) is 3. The van der Waals surface area contributed by atoms with Crippen LogP contribution in [0.5, 0.6) is 5.75 Å². The highest BCUT2D eigenvalue weighted by Crippen LogP contribution is 2.26. The number of fused-ring (bicyclic) bond motifs is 1. The molecule has 1 aromatic carbocycles. The number of carbonyl (C=O) groups is 9. The molecule has 5 unspecified atom stereocenters. The van der Waals surface area contributed by atoms with Crippen molar-refractivity contribution < 1.29 is 62.5 Å². The number of aliphatic hydroxyl groups is 1. The number of methoxy groups -OCH3 is 1. The molecule has 4 N–H and O–H groups in total. The van der Waals surface area contributed by atoms with Gasteiger partial charge < -0.3 is 50.0 Å². The monoisotopic (exact) mass is 971 g/mol. The summed E-state index contributed by atoms with van der Waals surface area (Å²) >= 11 is 0. The lowest BCUT2D eigenvalue weighted by molar-refractivity contribution is -0.163. The highest BCUT2D eigenvalue weighted by Gasteiger charge is 2.44. The third-order valence-corrected chi connectivity index (χ3v) is 13.1. The molecular formula is C50H78N6O13. The molecule has 19 heteroatoms. The number of benzene rings is 1. The minimum absolute atomic E-state index is 0.0710. The van der Waals surface area contributed by atoms with Crippen molar-refractivity contribution in [1.29, 1.82) is 0 Å². The quantitative estimate of drug-likeness (QED) is 0.119. The largest absolute Gasteiger partial charge is 0.497 e. The molecule has 6 amide bonds. The molecule has 2 heterocycles. The average molecular weight is 971 g/mol. The fourth-order valence-corrected chi connectivity index (χ4v) is 8.69. The van der Waals surface area contributed by atoms with Gasteiger partial charge in [-0.2, -0.15) is 0 Å². The Balaban J connectivity index is 2.26. The van der Waals surface area contributed by atoms with Crippen LogP contribution in [0, 0.1) is 29.6 Å². The molecule has 0 aliphatic carbocycles. The Morgan fingerprint density at radius 1 is 0.942 bits per heavy atom. The van der Waals surface area contributed by atoms with Gasteiger partial charge in [-0.25, -0.2) is 4.79 Å². The number of Topliss-reactive ketones (excluding diaryl/α,β-unsaturated/α-hetero) is 1. The zero-order valence-electron chi connectivity index (χ0n) is 42.8. The first kappa shape index (κ1) is 57.7. The SMILES string of the molecule is CC[C@H](C)C1NC(=O)C(NC(=O)[C@@H](CC(C)C)N(C)C=O)[C@@H](C)OC(=O)C(Cc2ccc(OC)cc2)N(C)C(=O)[C@@H]2CCCN2C(=O)C(CC(C)C)NC(=O)[C@@H](C)C(=O)C(C(C)C)OC(=O)C[C@@H]1O. The molecule has 3 rings (SSSR count). The zero-order valence-corrected chi connectivity index (χ0v) is 42.8. The van der Waals surface area contributed by atoms with Crippen LogP contribution in [0.2, 0.25) is 0 Å². The molecule has 0 saturated carbocycles. The van der Waals surface area contributed by atoms with Crippen LogP contribution in [-0.4, -0.2) is 156 Å². The van der Waals surface area contributed by atoms with E-state index in [1.807, 2.05) is 27.7 Å². The molecule has 2 aliphatic heterocycles. The topological polar surface area (TPSA) is 247 Å². The first-order valence-corrected chi connectivity index (χ1v) is 24.3. The normalized spacial score (nSPS) is 27.3. The minimum atomic E-state index is -1.65. The van der Waals surface area contributed by atoms with E-state index in [4.69, 9.17) is 14.2 Å². The van der Waals surface area contributed by atoms with E-state index in [9.17, 15) is 48.3 Å². The van der Waals surface area contributed by atoms with Crippen molar-refractivity contribution in [2.24, 2.45) is 29.6 Å². The molecule has 19 nitrogen and oxygen atoms in total. The number of carbonyl (C=O) groups excluding carboxylic acids is 9. The number of ketones is 1. The van der Waals surface area contributed by atoms with Crippen molar-refractivity contribution in [3.8, 4) is 5.75 Å². The Morgan fingerprint density at radius 2 is 1.58 bits per heavy atom. The number of aliphatic hydroxyl groups excluding tert-OH is 1. The van der Waals surface area contributed by atoms with Gasteiger partial charge in [0.2, 0.25) is 35.9 Å². The summed E-state index contributed by atoms with van der Waals surface area (Å²) in [6.45, 7) is 17.1. The number of nitrogens with zero attached hydrogens (tertiary/aromatic N) is 3. The fraction of sp³-hybridized carbons (Fsp3) is 0.700. The Morgan fingerprint density at radius 3 is 2.13 bits per heavy atom. The van der Waals surface area contributed by atoms with E-state index >= 15 is 0 Å². The van der Waals surface area contributed by atoms with Crippen LogP contribution in [0.15, 0.2) is 24.3 Å². The van der Waals surface area contributed by atoms with E-state index in [1.165, 1.54) is 44.9 Å². The minimum Gasteiger partial charge on any atom is -0.497 e. The maximum atomic E-state index is 14.7. The van der Waals surface area contributed by atoms with E-state index in [2.05, 4.69) is 16.0 Å². The summed E-state index contributed by atoms with van der Waals surface area (Å²) < 4.78 is 17.1. The molecule has 0 aromatic heterocycles. The van der Waals surface area contributed by atoms with Crippen LogP contribution in [0.25, 0.3) is 0 Å². The molecule has 0 spiro atoms. The summed E-state index contributed by atoms with van der Waals surface area (Å²) in [6.07, 6.45) is -3.34. The second-order valence-electron chi connectivity index (χ2n) is 19.9. The van der Waals surface area contributed by atoms with Gasteiger partial charge in [0.25, 0.3) is 0 Å². The van der Waals surface area contributed by atoms with Crippen LogP contribution < -0.4 is 20.7 Å². The maximum Gasteiger partial charge on any atom is 0.329 e. The molecule has 1 aromatic rings. The first-order chi connectivity index (χ1) is 32.4. The lowest BCUT2D eigenvalue weighted by Gasteiger charge is -2.35. The number of hydrogen-bond donors (Lipinski definition) is 4. The Labute approximate surface area is 407 Å². The molecule has 11 atom stereocenters. The summed E-state index contributed by atoms with van der Waals surface area (Å²) in [5.74, 6) is -8.41. The van der Waals surface area contributed by atoms with E-state index in [-0.39, 0.29) is 44.1 Å². The second kappa shape index (κ2) is 26.4. The molecular weight excluding hydrogens is 893 g/mol. The van der Waals surface area contributed by atoms with Crippen molar-refractivity contribution in [2.75, 3.05) is 27.7 Å². The number of nitrogens with one attached hydrogen (secondary N) is 3. The van der Waals surface area contributed by atoms with Gasteiger partial charge in [-0.3, -0.25) is 38.4 Å². The molecule has 0 radical (unpaired) electrons. The van der Waals surface area contributed by atoms with E-state index < -0.39 is 126 Å². The fourth-order valence-electron chi connectivity index (χ4n) is 8.69.